The molecule has 5 aromatic rings. The number of nitrogens with two attached hydrogens (primary N) is 1. The Balaban J connectivity index is 2.20. The van der Waals surface area contributed by atoms with Crippen LogP contribution in [0.1, 0.15) is 23.6 Å². The molecule has 0 unspecified atom stereocenters. The van der Waals surface area contributed by atoms with Crippen LogP contribution in [0.2, 0.25) is 0 Å². The summed E-state index contributed by atoms with van der Waals surface area (Å²) in [6.07, 6.45) is 2.33. The third-order valence-corrected chi connectivity index (χ3v) is 7.36. The van der Waals surface area contributed by atoms with Gasteiger partial charge in [0.1, 0.15) is 17.2 Å². The van der Waals surface area contributed by atoms with Gasteiger partial charge in [-0.15, -0.1) is 0 Å². The maximum Gasteiger partial charge on any atom is 0.194 e. The van der Waals surface area contributed by atoms with Gasteiger partial charge in [-0.25, -0.2) is 0 Å². The van der Waals surface area contributed by atoms with E-state index in [2.05, 4.69) is 0 Å². The zero-order valence-corrected chi connectivity index (χ0v) is 20.2. The zero-order chi connectivity index (χ0) is 25.6. The number of phenols is 2. The topological polar surface area (TPSA) is 128 Å². The molecule has 0 bridgehead atoms. The van der Waals surface area contributed by atoms with Crippen molar-refractivity contribution < 1.29 is 24.4 Å². The summed E-state index contributed by atoms with van der Waals surface area (Å²) in [4.78, 5) is 26.7. The van der Waals surface area contributed by atoms with E-state index in [-0.39, 0.29) is 46.1 Å². The predicted molar refractivity (Wildman–Crippen MR) is 140 cm³/mol. The largest absolute Gasteiger partial charge is 0.507 e. The van der Waals surface area contributed by atoms with Crippen molar-refractivity contribution >= 4 is 49.2 Å². The maximum absolute atomic E-state index is 13.4. The number of fused-ring (bicyclic) bond motifs is 1. The van der Waals surface area contributed by atoms with Crippen LogP contribution in [-0.2, 0) is 13.0 Å². The highest BCUT2D eigenvalue weighted by molar-refractivity contribution is 6.39. The average Bonchev–Trinajstić information content (AvgIpc) is 3.00. The molecule has 182 valence electrons. The summed E-state index contributed by atoms with van der Waals surface area (Å²) in [6, 6.07) is 2.62. The van der Waals surface area contributed by atoms with E-state index < -0.39 is 10.9 Å². The molecular formula is C28H23NO7. The van der Waals surface area contributed by atoms with Crippen molar-refractivity contribution in [1.82, 2.24) is 0 Å². The Kier molecular flexibility index (Phi) is 4.53. The quantitative estimate of drug-likeness (QED) is 0.259. The van der Waals surface area contributed by atoms with Crippen molar-refractivity contribution in [2.75, 3.05) is 21.3 Å². The summed E-state index contributed by atoms with van der Waals surface area (Å²) in [5.74, 6) is 0.245. The molecule has 0 atom stereocenters. The highest BCUT2D eigenvalue weighted by Crippen LogP contribution is 2.55. The fourth-order valence-corrected chi connectivity index (χ4v) is 6.01. The van der Waals surface area contributed by atoms with Crippen molar-refractivity contribution in [3.8, 4) is 28.7 Å². The normalized spacial score (nSPS) is 13.2. The summed E-state index contributed by atoms with van der Waals surface area (Å²) in [6.45, 7) is 1.93. The monoisotopic (exact) mass is 485 g/mol. The molecule has 5 aromatic carbocycles. The molecule has 0 radical (unpaired) electrons. The number of ether oxygens (including phenoxy) is 3. The summed E-state index contributed by atoms with van der Waals surface area (Å²) >= 11 is 0. The maximum atomic E-state index is 13.4. The smallest absolute Gasteiger partial charge is 0.194 e. The molecular weight excluding hydrogens is 462 g/mol. The second kappa shape index (κ2) is 7.35. The van der Waals surface area contributed by atoms with Gasteiger partial charge in [0.05, 0.1) is 32.1 Å². The molecule has 6 rings (SSSR count). The molecule has 0 saturated carbocycles. The molecule has 0 spiro atoms. The fraction of sp³-hybridized carbons (Fsp3) is 0.214. The van der Waals surface area contributed by atoms with Gasteiger partial charge in [0, 0.05) is 56.7 Å². The van der Waals surface area contributed by atoms with Gasteiger partial charge in [0.25, 0.3) is 0 Å². The summed E-state index contributed by atoms with van der Waals surface area (Å²) in [5.41, 5.74) is 7.97. The number of phenolic OH excluding ortho intramolecular Hbond substituents is 2. The molecule has 0 heterocycles. The second-order valence-corrected chi connectivity index (χ2v) is 9.13. The molecule has 8 heteroatoms. The van der Waals surface area contributed by atoms with E-state index in [1.807, 2.05) is 13.0 Å². The number of allylic oxidation sites excluding steroid dienone is 1. The molecule has 1 aliphatic carbocycles. The van der Waals surface area contributed by atoms with E-state index in [0.29, 0.717) is 49.9 Å². The van der Waals surface area contributed by atoms with Crippen LogP contribution >= 0.6 is 0 Å². The van der Waals surface area contributed by atoms with Crippen LogP contribution in [0.25, 0.3) is 49.2 Å². The summed E-state index contributed by atoms with van der Waals surface area (Å²) < 4.78 is 17.0. The first-order chi connectivity index (χ1) is 17.3. The van der Waals surface area contributed by atoms with Crippen molar-refractivity contribution in [3.05, 3.63) is 54.8 Å². The predicted octanol–water partition coefficient (Wildman–Crippen LogP) is 3.75. The van der Waals surface area contributed by atoms with Gasteiger partial charge in [-0.05, 0) is 24.3 Å². The lowest BCUT2D eigenvalue weighted by Gasteiger charge is -2.23. The average molecular weight is 485 g/mol. The first-order valence-electron chi connectivity index (χ1n) is 11.4. The van der Waals surface area contributed by atoms with Crippen LogP contribution in [0.5, 0.6) is 28.7 Å². The first kappa shape index (κ1) is 22.2. The van der Waals surface area contributed by atoms with Crippen LogP contribution in [0.4, 0.5) is 0 Å². The molecule has 0 fully saturated rings. The number of methoxy groups -OCH3 is 3. The van der Waals surface area contributed by atoms with Gasteiger partial charge in [-0.3, -0.25) is 9.59 Å². The number of hydrogen-bond donors (Lipinski definition) is 3. The van der Waals surface area contributed by atoms with Crippen molar-refractivity contribution in [1.29, 1.82) is 0 Å². The SMILES string of the molecule is COc1c(O)c2c(=O)cc(OC)c3c4c(OC)cc(=O)c5c(O)c(CN)c6c(c(c1C=C(C)C6)c23)c54. The molecule has 1 aliphatic rings. The van der Waals surface area contributed by atoms with Gasteiger partial charge < -0.3 is 30.2 Å². The first-order valence-corrected chi connectivity index (χ1v) is 11.4. The number of hydrogen-bond acceptors (Lipinski definition) is 8. The minimum atomic E-state index is -0.437. The molecule has 0 saturated heterocycles. The van der Waals surface area contributed by atoms with Crippen molar-refractivity contribution in [3.63, 3.8) is 0 Å². The van der Waals surface area contributed by atoms with Gasteiger partial charge >= 0.3 is 0 Å². The Morgan fingerprint density at radius 2 is 1.33 bits per heavy atom. The third kappa shape index (κ3) is 2.46. The second-order valence-electron chi connectivity index (χ2n) is 9.13. The highest BCUT2D eigenvalue weighted by Gasteiger charge is 2.32. The van der Waals surface area contributed by atoms with Crippen LogP contribution in [0.3, 0.4) is 0 Å². The molecule has 36 heavy (non-hydrogen) atoms. The Labute approximate surface area is 204 Å². The van der Waals surface area contributed by atoms with Crippen LogP contribution in [0.15, 0.2) is 27.3 Å². The van der Waals surface area contributed by atoms with Gasteiger partial charge in [0.15, 0.2) is 22.4 Å². The summed E-state index contributed by atoms with van der Waals surface area (Å²) in [5, 5.41) is 26.1. The molecule has 0 aliphatic heterocycles. The lowest BCUT2D eigenvalue weighted by molar-refractivity contribution is 0.376. The molecule has 0 amide bonds. The fourth-order valence-electron chi connectivity index (χ4n) is 6.01. The standard InChI is InChI=1S/C28H23NO7/c1-10-5-11-13(9-29)26(32)20-14(30)7-16(34-2)22-23-17(35-3)8-15(31)21-25(23)19(18(11)24(20)22)12(6-10)28(36-4)27(21)33/h6-8,32-33H,5,9,29H2,1-4H3. The Hall–Kier alpha value is -4.30. The number of aromatic hydroxyl groups is 2. The molecule has 8 nitrogen and oxygen atoms in total. The molecule has 4 N–H and O–H groups in total. The summed E-state index contributed by atoms with van der Waals surface area (Å²) in [7, 11) is 4.33. The lowest BCUT2D eigenvalue weighted by Crippen LogP contribution is -2.11. The Bertz CT molecular complexity index is 1920. The minimum Gasteiger partial charge on any atom is -0.507 e. The van der Waals surface area contributed by atoms with Crippen LogP contribution in [0, 0.1) is 0 Å². The van der Waals surface area contributed by atoms with Crippen LogP contribution < -0.4 is 30.8 Å². The Morgan fingerprint density at radius 3 is 1.86 bits per heavy atom. The highest BCUT2D eigenvalue weighted by atomic mass is 16.5. The van der Waals surface area contributed by atoms with Crippen molar-refractivity contribution in [2.45, 2.75) is 19.9 Å². The third-order valence-electron chi connectivity index (χ3n) is 7.36. The van der Waals surface area contributed by atoms with Crippen LogP contribution in [-0.4, -0.2) is 31.5 Å². The van der Waals surface area contributed by atoms with E-state index in [9.17, 15) is 19.8 Å². The van der Waals surface area contributed by atoms with E-state index in [1.54, 1.807) is 0 Å². The van der Waals surface area contributed by atoms with E-state index in [0.717, 1.165) is 11.1 Å². The van der Waals surface area contributed by atoms with E-state index in [4.69, 9.17) is 19.9 Å². The van der Waals surface area contributed by atoms with Gasteiger partial charge in [-0.2, -0.15) is 0 Å². The number of rotatable bonds is 4. The van der Waals surface area contributed by atoms with Gasteiger partial charge in [0.2, 0.25) is 0 Å². The Morgan fingerprint density at radius 1 is 0.778 bits per heavy atom. The van der Waals surface area contributed by atoms with E-state index in [1.165, 1.54) is 33.5 Å². The lowest BCUT2D eigenvalue weighted by atomic mass is 9.82. The van der Waals surface area contributed by atoms with Gasteiger partial charge in [-0.1, -0.05) is 11.6 Å². The minimum absolute atomic E-state index is 0.00363. The molecule has 0 aromatic heterocycles. The number of benzene rings is 5. The van der Waals surface area contributed by atoms with E-state index >= 15 is 0 Å². The zero-order valence-electron chi connectivity index (χ0n) is 20.2. The van der Waals surface area contributed by atoms with Crippen molar-refractivity contribution in [2.24, 2.45) is 5.73 Å².